The van der Waals surface area contributed by atoms with Crippen LogP contribution >= 0.6 is 0 Å². The standard InChI is InChI=1S/C14H21N3O4/c1-4-16(10-14(2,3)19)13(18)15-9-11-7-5-6-8-12(11)17(20)21/h5-8,19H,4,9-10H2,1-3H3,(H,15,18). The molecular weight excluding hydrogens is 274 g/mol. The van der Waals surface area contributed by atoms with Crippen LogP contribution in [0.3, 0.4) is 0 Å². The highest BCUT2D eigenvalue weighted by Crippen LogP contribution is 2.17. The zero-order chi connectivity index (χ0) is 16.0. The van der Waals surface area contributed by atoms with Crippen molar-refractivity contribution in [1.29, 1.82) is 0 Å². The molecule has 0 aromatic heterocycles. The molecule has 0 radical (unpaired) electrons. The molecule has 0 saturated heterocycles. The first-order valence-electron chi connectivity index (χ1n) is 6.72. The number of benzene rings is 1. The molecule has 1 aromatic rings. The van der Waals surface area contributed by atoms with Crippen LogP contribution < -0.4 is 5.32 Å². The Morgan fingerprint density at radius 1 is 1.43 bits per heavy atom. The maximum absolute atomic E-state index is 12.0. The van der Waals surface area contributed by atoms with E-state index in [1.807, 2.05) is 0 Å². The lowest BCUT2D eigenvalue weighted by Gasteiger charge is -2.28. The number of para-hydroxylation sites is 1. The third-order valence-electron chi connectivity index (χ3n) is 2.87. The Hall–Kier alpha value is -2.15. The molecule has 0 aliphatic heterocycles. The van der Waals surface area contributed by atoms with Crippen molar-refractivity contribution < 1.29 is 14.8 Å². The molecule has 1 aromatic carbocycles. The Morgan fingerprint density at radius 3 is 2.57 bits per heavy atom. The lowest BCUT2D eigenvalue weighted by Crippen LogP contribution is -2.46. The van der Waals surface area contributed by atoms with E-state index in [4.69, 9.17) is 0 Å². The summed E-state index contributed by atoms with van der Waals surface area (Å²) in [6.45, 7) is 5.73. The average Bonchev–Trinajstić information content (AvgIpc) is 2.41. The van der Waals surface area contributed by atoms with Crippen molar-refractivity contribution in [1.82, 2.24) is 10.2 Å². The predicted molar refractivity (Wildman–Crippen MR) is 78.9 cm³/mol. The van der Waals surface area contributed by atoms with Crippen LogP contribution in [0.4, 0.5) is 10.5 Å². The lowest BCUT2D eigenvalue weighted by molar-refractivity contribution is -0.385. The first-order chi connectivity index (χ1) is 9.74. The van der Waals surface area contributed by atoms with Crippen molar-refractivity contribution >= 4 is 11.7 Å². The van der Waals surface area contributed by atoms with E-state index in [1.54, 1.807) is 39.0 Å². The smallest absolute Gasteiger partial charge is 0.317 e. The third-order valence-corrected chi connectivity index (χ3v) is 2.87. The summed E-state index contributed by atoms with van der Waals surface area (Å²) in [6.07, 6.45) is 0. The van der Waals surface area contributed by atoms with Crippen LogP contribution in [0.25, 0.3) is 0 Å². The van der Waals surface area contributed by atoms with Gasteiger partial charge in [-0.1, -0.05) is 18.2 Å². The predicted octanol–water partition coefficient (Wildman–Crippen LogP) is 1.90. The minimum absolute atomic E-state index is 0.0247. The van der Waals surface area contributed by atoms with E-state index in [9.17, 15) is 20.0 Å². The van der Waals surface area contributed by atoms with Gasteiger partial charge in [0.05, 0.1) is 23.6 Å². The van der Waals surface area contributed by atoms with Gasteiger partial charge < -0.3 is 15.3 Å². The average molecular weight is 295 g/mol. The monoisotopic (exact) mass is 295 g/mol. The van der Waals surface area contributed by atoms with Gasteiger partial charge in [-0.25, -0.2) is 4.79 Å². The second kappa shape index (κ2) is 7.03. The molecule has 2 N–H and O–H groups in total. The fourth-order valence-corrected chi connectivity index (χ4v) is 1.92. The number of nitro groups is 1. The molecule has 2 amide bonds. The minimum Gasteiger partial charge on any atom is -0.389 e. The Morgan fingerprint density at radius 2 is 2.05 bits per heavy atom. The van der Waals surface area contributed by atoms with Crippen molar-refractivity contribution in [2.75, 3.05) is 13.1 Å². The van der Waals surface area contributed by atoms with Crippen molar-refractivity contribution in [2.24, 2.45) is 0 Å². The summed E-state index contributed by atoms with van der Waals surface area (Å²) >= 11 is 0. The molecule has 0 aliphatic rings. The molecule has 21 heavy (non-hydrogen) atoms. The summed E-state index contributed by atoms with van der Waals surface area (Å²) in [5.74, 6) is 0. The Kier molecular flexibility index (Phi) is 5.66. The summed E-state index contributed by atoms with van der Waals surface area (Å²) < 4.78 is 0. The quantitative estimate of drug-likeness (QED) is 0.619. The summed E-state index contributed by atoms with van der Waals surface area (Å²) in [5, 5.41) is 23.3. The zero-order valence-electron chi connectivity index (χ0n) is 12.5. The third kappa shape index (κ3) is 5.39. The van der Waals surface area contributed by atoms with E-state index in [0.29, 0.717) is 12.1 Å². The fraction of sp³-hybridized carbons (Fsp3) is 0.500. The number of likely N-dealkylation sites (N-methyl/N-ethyl adjacent to an activating group) is 1. The molecule has 1 rings (SSSR count). The van der Waals surface area contributed by atoms with Gasteiger partial charge in [-0.05, 0) is 20.8 Å². The van der Waals surface area contributed by atoms with E-state index in [1.165, 1.54) is 11.0 Å². The molecule has 7 nitrogen and oxygen atoms in total. The van der Waals surface area contributed by atoms with Crippen molar-refractivity contribution in [3.05, 3.63) is 39.9 Å². The number of urea groups is 1. The van der Waals surface area contributed by atoms with Crippen LogP contribution in [-0.2, 0) is 6.54 Å². The number of nitro benzene ring substituents is 1. The van der Waals surface area contributed by atoms with Gasteiger partial charge in [-0.2, -0.15) is 0 Å². The number of hydrogen-bond donors (Lipinski definition) is 2. The number of amides is 2. The van der Waals surface area contributed by atoms with Crippen LogP contribution in [0, 0.1) is 10.1 Å². The molecule has 0 atom stereocenters. The normalized spacial score (nSPS) is 11.0. The Labute approximate surface area is 123 Å². The second-order valence-corrected chi connectivity index (χ2v) is 5.37. The van der Waals surface area contributed by atoms with Gasteiger partial charge in [0.25, 0.3) is 5.69 Å². The molecule has 0 spiro atoms. The molecular formula is C14H21N3O4. The Bertz CT molecular complexity index is 511. The number of carbonyl (C=O) groups is 1. The van der Waals surface area contributed by atoms with Crippen molar-refractivity contribution in [3.8, 4) is 0 Å². The molecule has 0 aliphatic carbocycles. The first kappa shape index (κ1) is 16.9. The molecule has 116 valence electrons. The maximum Gasteiger partial charge on any atom is 0.317 e. The van der Waals surface area contributed by atoms with Crippen molar-refractivity contribution in [3.63, 3.8) is 0 Å². The van der Waals surface area contributed by atoms with Crippen LogP contribution in [-0.4, -0.2) is 39.7 Å². The van der Waals surface area contributed by atoms with Crippen LogP contribution in [0.15, 0.2) is 24.3 Å². The van der Waals surface area contributed by atoms with Gasteiger partial charge in [0.2, 0.25) is 0 Å². The van der Waals surface area contributed by atoms with Crippen LogP contribution in [0.2, 0.25) is 0 Å². The highest BCUT2D eigenvalue weighted by atomic mass is 16.6. The summed E-state index contributed by atoms with van der Waals surface area (Å²) in [4.78, 5) is 23.9. The first-order valence-corrected chi connectivity index (χ1v) is 6.72. The van der Waals surface area contributed by atoms with Gasteiger partial charge in [-0.15, -0.1) is 0 Å². The second-order valence-electron chi connectivity index (χ2n) is 5.37. The number of nitrogens with zero attached hydrogens (tertiary/aromatic N) is 2. The van der Waals surface area contributed by atoms with E-state index in [2.05, 4.69) is 5.32 Å². The van der Waals surface area contributed by atoms with Crippen LogP contribution in [0.5, 0.6) is 0 Å². The number of hydrogen-bond acceptors (Lipinski definition) is 4. The number of aliphatic hydroxyl groups is 1. The highest BCUT2D eigenvalue weighted by molar-refractivity contribution is 5.74. The Balaban J connectivity index is 2.70. The number of nitrogens with one attached hydrogen (secondary N) is 1. The molecule has 7 heteroatoms. The van der Waals surface area contributed by atoms with E-state index in [-0.39, 0.29) is 24.8 Å². The largest absolute Gasteiger partial charge is 0.389 e. The van der Waals surface area contributed by atoms with E-state index >= 15 is 0 Å². The summed E-state index contributed by atoms with van der Waals surface area (Å²) in [7, 11) is 0. The molecule has 0 heterocycles. The lowest BCUT2D eigenvalue weighted by atomic mass is 10.1. The number of rotatable bonds is 6. The van der Waals surface area contributed by atoms with E-state index in [0.717, 1.165) is 0 Å². The molecule has 0 unspecified atom stereocenters. The summed E-state index contributed by atoms with van der Waals surface area (Å²) in [5.41, 5.74) is -0.579. The van der Waals surface area contributed by atoms with Gasteiger partial charge >= 0.3 is 6.03 Å². The SMILES string of the molecule is CCN(CC(C)(C)O)C(=O)NCc1ccccc1[N+](=O)[O-]. The van der Waals surface area contributed by atoms with Gasteiger partial charge in [0, 0.05) is 18.2 Å². The molecule has 0 fully saturated rings. The summed E-state index contributed by atoms with van der Waals surface area (Å²) in [6, 6.07) is 5.90. The van der Waals surface area contributed by atoms with Gasteiger partial charge in [0.1, 0.15) is 0 Å². The van der Waals surface area contributed by atoms with Gasteiger partial charge in [-0.3, -0.25) is 10.1 Å². The topological polar surface area (TPSA) is 95.7 Å². The molecule has 0 saturated carbocycles. The van der Waals surface area contributed by atoms with Crippen LogP contribution in [0.1, 0.15) is 26.3 Å². The highest BCUT2D eigenvalue weighted by Gasteiger charge is 2.21. The minimum atomic E-state index is -0.994. The molecule has 0 bridgehead atoms. The maximum atomic E-state index is 12.0. The van der Waals surface area contributed by atoms with Crippen molar-refractivity contribution in [2.45, 2.75) is 32.9 Å². The fourth-order valence-electron chi connectivity index (χ4n) is 1.92. The van der Waals surface area contributed by atoms with E-state index < -0.39 is 10.5 Å². The zero-order valence-corrected chi connectivity index (χ0v) is 12.5. The van der Waals surface area contributed by atoms with Gasteiger partial charge in [0.15, 0.2) is 0 Å². The number of carbonyl (C=O) groups excluding carboxylic acids is 1.